The summed E-state index contributed by atoms with van der Waals surface area (Å²) in [6.07, 6.45) is 6.45. The van der Waals surface area contributed by atoms with E-state index >= 15 is 0 Å². The molecule has 1 amide bonds. The van der Waals surface area contributed by atoms with Crippen molar-refractivity contribution >= 4 is 5.91 Å². The molecule has 1 heterocycles. The van der Waals surface area contributed by atoms with Crippen molar-refractivity contribution in [3.05, 3.63) is 0 Å². The molecule has 2 fully saturated rings. The second-order valence-electron chi connectivity index (χ2n) is 6.06. The Labute approximate surface area is 111 Å². The van der Waals surface area contributed by atoms with Gasteiger partial charge in [-0.1, -0.05) is 19.3 Å². The molecule has 1 N–H and O–H groups in total. The standard InChI is InChI=1S/C14H27N3O/c1-12(13(18)16(2)3)17-10-9-15-11-14(17)7-5-4-6-8-14/h12,15H,4-11H2,1-3H3. The van der Waals surface area contributed by atoms with Gasteiger partial charge in [0.2, 0.25) is 5.91 Å². The van der Waals surface area contributed by atoms with E-state index in [9.17, 15) is 4.79 Å². The molecule has 1 saturated carbocycles. The van der Waals surface area contributed by atoms with Gasteiger partial charge in [0.25, 0.3) is 0 Å². The highest BCUT2D eigenvalue weighted by molar-refractivity contribution is 5.81. The first-order chi connectivity index (χ1) is 8.57. The highest BCUT2D eigenvalue weighted by Crippen LogP contribution is 2.35. The molecule has 1 spiro atoms. The first-order valence-corrected chi connectivity index (χ1v) is 7.25. The molecular weight excluding hydrogens is 226 g/mol. The number of carbonyl (C=O) groups is 1. The Bertz CT molecular complexity index is 289. The minimum atomic E-state index is 0.0141. The molecule has 1 aliphatic heterocycles. The first kappa shape index (κ1) is 13.8. The van der Waals surface area contributed by atoms with Crippen molar-refractivity contribution in [3.63, 3.8) is 0 Å². The van der Waals surface area contributed by atoms with E-state index in [-0.39, 0.29) is 17.5 Å². The van der Waals surface area contributed by atoms with Crippen LogP contribution in [0.2, 0.25) is 0 Å². The number of piperazine rings is 1. The van der Waals surface area contributed by atoms with Crippen LogP contribution in [0.1, 0.15) is 39.0 Å². The Morgan fingerprint density at radius 3 is 2.56 bits per heavy atom. The van der Waals surface area contributed by atoms with E-state index in [4.69, 9.17) is 0 Å². The van der Waals surface area contributed by atoms with Crippen LogP contribution < -0.4 is 5.32 Å². The number of rotatable bonds is 2. The van der Waals surface area contributed by atoms with Crippen LogP contribution in [-0.4, -0.2) is 61.0 Å². The molecule has 0 aromatic carbocycles. The average molecular weight is 253 g/mol. The van der Waals surface area contributed by atoms with Gasteiger partial charge in [0, 0.05) is 39.3 Å². The number of likely N-dealkylation sites (N-methyl/N-ethyl adjacent to an activating group) is 1. The summed E-state index contributed by atoms with van der Waals surface area (Å²) in [5.74, 6) is 0.238. The molecule has 0 aromatic heterocycles. The number of hydrogen-bond donors (Lipinski definition) is 1. The highest BCUT2D eigenvalue weighted by atomic mass is 16.2. The van der Waals surface area contributed by atoms with Crippen LogP contribution in [0.25, 0.3) is 0 Å². The van der Waals surface area contributed by atoms with Gasteiger partial charge in [-0.05, 0) is 19.8 Å². The van der Waals surface area contributed by atoms with Crippen LogP contribution in [0.5, 0.6) is 0 Å². The summed E-state index contributed by atoms with van der Waals surface area (Å²) in [5, 5.41) is 3.53. The van der Waals surface area contributed by atoms with Crippen LogP contribution in [0, 0.1) is 0 Å². The van der Waals surface area contributed by atoms with E-state index in [2.05, 4.69) is 17.1 Å². The summed E-state index contributed by atoms with van der Waals surface area (Å²) in [7, 11) is 3.71. The predicted octanol–water partition coefficient (Wildman–Crippen LogP) is 1.07. The number of nitrogens with one attached hydrogen (secondary N) is 1. The highest BCUT2D eigenvalue weighted by Gasteiger charge is 2.43. The zero-order chi connectivity index (χ0) is 13.2. The summed E-state index contributed by atoms with van der Waals surface area (Å²) >= 11 is 0. The van der Waals surface area contributed by atoms with Crippen molar-refractivity contribution in [2.75, 3.05) is 33.7 Å². The molecule has 1 saturated heterocycles. The quantitative estimate of drug-likeness (QED) is 0.799. The minimum absolute atomic E-state index is 0.0141. The van der Waals surface area contributed by atoms with Crippen molar-refractivity contribution in [1.82, 2.24) is 15.1 Å². The molecule has 18 heavy (non-hydrogen) atoms. The molecule has 0 radical (unpaired) electrons. The Morgan fingerprint density at radius 1 is 1.28 bits per heavy atom. The molecule has 1 unspecified atom stereocenters. The van der Waals surface area contributed by atoms with Gasteiger partial charge in [0.15, 0.2) is 0 Å². The Kier molecular flexibility index (Phi) is 4.28. The van der Waals surface area contributed by atoms with Gasteiger partial charge in [0.1, 0.15) is 0 Å². The molecule has 1 atom stereocenters. The zero-order valence-electron chi connectivity index (χ0n) is 12.0. The Morgan fingerprint density at radius 2 is 1.94 bits per heavy atom. The lowest BCUT2D eigenvalue weighted by Crippen LogP contribution is -2.66. The Balaban J connectivity index is 2.14. The van der Waals surface area contributed by atoms with Gasteiger partial charge in [0.05, 0.1) is 6.04 Å². The molecule has 0 bridgehead atoms. The monoisotopic (exact) mass is 253 g/mol. The Hall–Kier alpha value is -0.610. The van der Waals surface area contributed by atoms with Gasteiger partial charge in [-0.3, -0.25) is 9.69 Å². The van der Waals surface area contributed by atoms with E-state index < -0.39 is 0 Å². The normalized spacial score (nSPS) is 25.9. The lowest BCUT2D eigenvalue weighted by Gasteiger charge is -2.52. The fraction of sp³-hybridized carbons (Fsp3) is 0.929. The van der Waals surface area contributed by atoms with Crippen LogP contribution in [0.15, 0.2) is 0 Å². The van der Waals surface area contributed by atoms with Crippen LogP contribution >= 0.6 is 0 Å². The summed E-state index contributed by atoms with van der Waals surface area (Å²) < 4.78 is 0. The minimum Gasteiger partial charge on any atom is -0.347 e. The summed E-state index contributed by atoms with van der Waals surface area (Å²) in [4.78, 5) is 16.4. The van der Waals surface area contributed by atoms with Gasteiger partial charge in [-0.15, -0.1) is 0 Å². The molecular formula is C14H27N3O. The van der Waals surface area contributed by atoms with Crippen molar-refractivity contribution in [2.45, 2.75) is 50.6 Å². The lowest BCUT2D eigenvalue weighted by molar-refractivity contribution is -0.138. The van der Waals surface area contributed by atoms with Crippen molar-refractivity contribution in [1.29, 1.82) is 0 Å². The molecule has 0 aromatic rings. The second-order valence-corrected chi connectivity index (χ2v) is 6.06. The van der Waals surface area contributed by atoms with E-state index in [0.717, 1.165) is 19.6 Å². The second kappa shape index (κ2) is 5.57. The third-order valence-electron chi connectivity index (χ3n) is 4.64. The fourth-order valence-corrected chi connectivity index (χ4v) is 3.64. The van der Waals surface area contributed by atoms with Crippen LogP contribution in [0.4, 0.5) is 0 Å². The van der Waals surface area contributed by atoms with Crippen molar-refractivity contribution < 1.29 is 4.79 Å². The average Bonchev–Trinajstić information content (AvgIpc) is 2.38. The number of hydrogen-bond acceptors (Lipinski definition) is 3. The molecule has 2 rings (SSSR count). The maximum atomic E-state index is 12.2. The zero-order valence-corrected chi connectivity index (χ0v) is 12.0. The van der Waals surface area contributed by atoms with E-state index in [1.165, 1.54) is 32.1 Å². The number of carbonyl (C=O) groups excluding carboxylic acids is 1. The van der Waals surface area contributed by atoms with Gasteiger partial charge >= 0.3 is 0 Å². The predicted molar refractivity (Wildman–Crippen MR) is 73.5 cm³/mol. The number of nitrogens with zero attached hydrogens (tertiary/aromatic N) is 2. The molecule has 4 heteroatoms. The third-order valence-corrected chi connectivity index (χ3v) is 4.64. The molecule has 104 valence electrons. The molecule has 4 nitrogen and oxygen atoms in total. The maximum Gasteiger partial charge on any atom is 0.239 e. The smallest absolute Gasteiger partial charge is 0.239 e. The topological polar surface area (TPSA) is 35.6 Å². The summed E-state index contributed by atoms with van der Waals surface area (Å²) in [6, 6.07) is 0.0141. The lowest BCUT2D eigenvalue weighted by atomic mass is 9.78. The van der Waals surface area contributed by atoms with E-state index in [0.29, 0.717) is 0 Å². The summed E-state index contributed by atoms with van der Waals surface area (Å²) in [6.45, 7) is 5.13. The fourth-order valence-electron chi connectivity index (χ4n) is 3.64. The van der Waals surface area contributed by atoms with Crippen molar-refractivity contribution in [3.8, 4) is 0 Å². The third kappa shape index (κ3) is 2.54. The van der Waals surface area contributed by atoms with Crippen LogP contribution in [0.3, 0.4) is 0 Å². The largest absolute Gasteiger partial charge is 0.347 e. The van der Waals surface area contributed by atoms with Gasteiger partial charge in [-0.2, -0.15) is 0 Å². The van der Waals surface area contributed by atoms with Crippen LogP contribution in [-0.2, 0) is 4.79 Å². The first-order valence-electron chi connectivity index (χ1n) is 7.25. The van der Waals surface area contributed by atoms with Crippen molar-refractivity contribution in [2.24, 2.45) is 0 Å². The molecule has 1 aliphatic carbocycles. The molecule has 2 aliphatic rings. The summed E-state index contributed by atoms with van der Waals surface area (Å²) in [5.41, 5.74) is 0.238. The van der Waals surface area contributed by atoms with E-state index in [1.54, 1.807) is 4.90 Å². The maximum absolute atomic E-state index is 12.2. The SMILES string of the molecule is CC(C(=O)N(C)C)N1CCNCC12CCCCC2. The van der Waals surface area contributed by atoms with Gasteiger partial charge < -0.3 is 10.2 Å². The number of amides is 1. The van der Waals surface area contributed by atoms with Gasteiger partial charge in [-0.25, -0.2) is 0 Å². The van der Waals surface area contributed by atoms with E-state index in [1.807, 2.05) is 14.1 Å².